The largest absolute Gasteiger partial charge is 0.412 e. The highest BCUT2D eigenvalue weighted by Crippen LogP contribution is 2.42. The summed E-state index contributed by atoms with van der Waals surface area (Å²) in [4.78, 5) is 11.1. The van der Waals surface area contributed by atoms with Crippen molar-refractivity contribution in [1.82, 2.24) is 5.32 Å². The fourth-order valence-corrected chi connectivity index (χ4v) is 2.79. The van der Waals surface area contributed by atoms with Crippen molar-refractivity contribution in [3.8, 4) is 5.75 Å². The Hall–Kier alpha value is -0.860. The first-order valence-corrected chi connectivity index (χ1v) is 8.82. The molecule has 1 aromatic carbocycles. The van der Waals surface area contributed by atoms with Crippen molar-refractivity contribution in [1.29, 1.82) is 0 Å². The van der Waals surface area contributed by atoms with E-state index in [0.29, 0.717) is 5.75 Å². The van der Waals surface area contributed by atoms with Gasteiger partial charge in [-0.3, -0.25) is 0 Å². The van der Waals surface area contributed by atoms with Crippen molar-refractivity contribution in [2.75, 3.05) is 20.4 Å². The summed E-state index contributed by atoms with van der Waals surface area (Å²) in [6, 6.07) is 6.16. The van der Waals surface area contributed by atoms with Gasteiger partial charge in [0, 0.05) is 13.2 Å². The third kappa shape index (κ3) is 4.33. The van der Waals surface area contributed by atoms with E-state index in [0.717, 1.165) is 11.7 Å². The first-order valence-electron chi connectivity index (χ1n) is 4.94. The molecule has 0 aliphatic rings. The van der Waals surface area contributed by atoms with Gasteiger partial charge in [-0.2, -0.15) is 0 Å². The van der Waals surface area contributed by atoms with E-state index in [4.69, 9.17) is 16.5 Å². The number of carbonyl (C=O) groups is 1. The first-order chi connectivity index (χ1) is 7.42. The maximum absolute atomic E-state index is 11.1. The Kier molecular flexibility index (Phi) is 4.51. The molecule has 0 bridgehead atoms. The maximum atomic E-state index is 11.1. The summed E-state index contributed by atoms with van der Waals surface area (Å²) in [6.45, 7) is 4.16. The van der Waals surface area contributed by atoms with Crippen LogP contribution in [0.2, 0.25) is 0 Å². The van der Waals surface area contributed by atoms with Crippen molar-refractivity contribution >= 4 is 23.9 Å². The lowest BCUT2D eigenvalue weighted by molar-refractivity contribution is 0.202. The van der Waals surface area contributed by atoms with Gasteiger partial charge in [0.25, 0.3) is 0 Å². The van der Waals surface area contributed by atoms with Crippen LogP contribution in [0.25, 0.3) is 0 Å². The summed E-state index contributed by atoms with van der Waals surface area (Å²) in [6.07, 6.45) is 0.350. The Morgan fingerprint density at radius 1 is 1.44 bits per heavy atom. The smallest absolute Gasteiger partial charge is 0.410 e. The Morgan fingerprint density at radius 3 is 2.62 bits per heavy atom. The number of hydrogen-bond acceptors (Lipinski definition) is 3. The average molecular weight is 257 g/mol. The van der Waals surface area contributed by atoms with Crippen LogP contribution < -0.4 is 10.1 Å². The monoisotopic (exact) mass is 257 g/mol. The van der Waals surface area contributed by atoms with Gasteiger partial charge in [0.1, 0.15) is 5.75 Å². The molecule has 0 fully saturated rings. The van der Waals surface area contributed by atoms with Gasteiger partial charge in [-0.1, -0.05) is 30.0 Å². The molecule has 88 valence electrons. The number of rotatable bonds is 3. The second-order valence-electron chi connectivity index (χ2n) is 3.98. The number of carbonyl (C=O) groups excluding carboxylic acids is 1. The zero-order valence-electron chi connectivity index (χ0n) is 9.69. The fraction of sp³-hybridized carbons (Fsp3) is 0.364. The standard InChI is InChI=1S/C11H16NO2PS/c1-12-11(13)14-10-7-5-4-6-9(10)8-15(2,3)16/h4-7H,8H2,1-3H3,(H,12,13). The molecule has 1 aromatic rings. The van der Waals surface area contributed by atoms with Gasteiger partial charge in [0.15, 0.2) is 0 Å². The Morgan fingerprint density at radius 2 is 2.06 bits per heavy atom. The van der Waals surface area contributed by atoms with Crippen molar-refractivity contribution in [3.63, 3.8) is 0 Å². The van der Waals surface area contributed by atoms with E-state index in [-0.39, 0.29) is 0 Å². The summed E-state index contributed by atoms with van der Waals surface area (Å²) in [5.41, 5.74) is 0.999. The van der Waals surface area contributed by atoms with Crippen LogP contribution >= 0.6 is 6.04 Å². The minimum absolute atomic E-state index is 0.451. The van der Waals surface area contributed by atoms with Crippen LogP contribution in [0, 0.1) is 0 Å². The van der Waals surface area contributed by atoms with Gasteiger partial charge in [0.05, 0.1) is 0 Å². The summed E-state index contributed by atoms with van der Waals surface area (Å²) >= 11 is 5.42. The minimum atomic E-state index is -1.34. The second-order valence-corrected chi connectivity index (χ2v) is 10.4. The van der Waals surface area contributed by atoms with E-state index < -0.39 is 12.1 Å². The van der Waals surface area contributed by atoms with Gasteiger partial charge >= 0.3 is 6.09 Å². The van der Waals surface area contributed by atoms with Crippen molar-refractivity contribution in [2.45, 2.75) is 6.16 Å². The summed E-state index contributed by atoms with van der Waals surface area (Å²) in [7, 11) is 1.54. The van der Waals surface area contributed by atoms with E-state index >= 15 is 0 Å². The van der Waals surface area contributed by atoms with Crippen molar-refractivity contribution < 1.29 is 9.53 Å². The molecule has 0 heterocycles. The molecule has 1 N–H and O–H groups in total. The normalized spacial score (nSPS) is 10.9. The van der Waals surface area contributed by atoms with Gasteiger partial charge in [-0.15, -0.1) is 0 Å². The number of ether oxygens (including phenoxy) is 1. The van der Waals surface area contributed by atoms with Gasteiger partial charge in [-0.05, 0) is 31.0 Å². The molecule has 1 amide bonds. The van der Waals surface area contributed by atoms with Crippen LogP contribution in [0.4, 0.5) is 4.79 Å². The zero-order valence-corrected chi connectivity index (χ0v) is 11.4. The van der Waals surface area contributed by atoms with Gasteiger partial charge < -0.3 is 10.1 Å². The summed E-state index contributed by atoms with van der Waals surface area (Å²) < 4.78 is 5.16. The van der Waals surface area contributed by atoms with Crippen LogP contribution in [0.3, 0.4) is 0 Å². The van der Waals surface area contributed by atoms with Gasteiger partial charge in [-0.25, -0.2) is 4.79 Å². The van der Waals surface area contributed by atoms with E-state index in [9.17, 15) is 4.79 Å². The molecule has 5 heteroatoms. The Bertz CT molecular complexity index is 428. The predicted molar refractivity (Wildman–Crippen MR) is 71.4 cm³/mol. The molecular formula is C11H16NO2PS. The number of para-hydroxylation sites is 1. The van der Waals surface area contributed by atoms with E-state index in [1.807, 2.05) is 18.2 Å². The first kappa shape index (κ1) is 13.2. The second kappa shape index (κ2) is 5.46. The highest BCUT2D eigenvalue weighted by atomic mass is 32.4. The molecule has 1 rings (SSSR count). The maximum Gasteiger partial charge on any atom is 0.412 e. The third-order valence-electron chi connectivity index (χ3n) is 1.93. The van der Waals surface area contributed by atoms with Gasteiger partial charge in [0.2, 0.25) is 0 Å². The molecule has 0 radical (unpaired) electrons. The number of hydrogen-bond donors (Lipinski definition) is 1. The molecular weight excluding hydrogens is 241 g/mol. The molecule has 0 unspecified atom stereocenters. The zero-order chi connectivity index (χ0) is 12.2. The van der Waals surface area contributed by atoms with Crippen molar-refractivity contribution in [3.05, 3.63) is 29.8 Å². The SMILES string of the molecule is CNC(=O)Oc1ccccc1CP(C)(C)=S. The highest BCUT2D eigenvalue weighted by Gasteiger charge is 2.11. The van der Waals surface area contributed by atoms with E-state index in [1.165, 1.54) is 7.05 Å². The van der Waals surface area contributed by atoms with Crippen LogP contribution in [0.5, 0.6) is 5.75 Å². The van der Waals surface area contributed by atoms with E-state index in [1.54, 1.807) is 6.07 Å². The Labute approximate surface area is 101 Å². The minimum Gasteiger partial charge on any atom is -0.410 e. The topological polar surface area (TPSA) is 38.3 Å². The summed E-state index contributed by atoms with van der Waals surface area (Å²) in [5, 5.41) is 2.43. The highest BCUT2D eigenvalue weighted by molar-refractivity contribution is 8.13. The van der Waals surface area contributed by atoms with Crippen LogP contribution in [0.15, 0.2) is 24.3 Å². The average Bonchev–Trinajstić information content (AvgIpc) is 2.18. The fourth-order valence-electron chi connectivity index (χ4n) is 1.30. The van der Waals surface area contributed by atoms with Crippen LogP contribution in [-0.2, 0) is 18.0 Å². The van der Waals surface area contributed by atoms with Crippen LogP contribution in [-0.4, -0.2) is 26.5 Å². The molecule has 0 saturated heterocycles. The van der Waals surface area contributed by atoms with Crippen molar-refractivity contribution in [2.24, 2.45) is 0 Å². The van der Waals surface area contributed by atoms with E-state index in [2.05, 4.69) is 18.6 Å². The molecule has 0 aliphatic heterocycles. The predicted octanol–water partition coefficient (Wildman–Crippen LogP) is 2.64. The number of benzene rings is 1. The summed E-state index contributed by atoms with van der Waals surface area (Å²) in [5.74, 6) is 0.597. The molecule has 0 aromatic heterocycles. The molecule has 0 saturated carbocycles. The lowest BCUT2D eigenvalue weighted by atomic mass is 10.2. The number of nitrogens with one attached hydrogen (secondary N) is 1. The van der Waals surface area contributed by atoms with Crippen LogP contribution in [0.1, 0.15) is 5.56 Å². The Balaban J connectivity index is 2.92. The quantitative estimate of drug-likeness (QED) is 0.846. The molecule has 3 nitrogen and oxygen atoms in total. The molecule has 0 spiro atoms. The lowest BCUT2D eigenvalue weighted by Crippen LogP contribution is -2.22. The molecule has 16 heavy (non-hydrogen) atoms. The molecule has 0 atom stereocenters. The third-order valence-corrected chi connectivity index (χ3v) is 3.42. The molecule has 0 aliphatic carbocycles. The number of amides is 1. The lowest BCUT2D eigenvalue weighted by Gasteiger charge is -2.13.